The van der Waals surface area contributed by atoms with Crippen LogP contribution >= 0.6 is 0 Å². The first-order valence-corrected chi connectivity index (χ1v) is 10.5. The Kier molecular flexibility index (Phi) is 5.72. The molecule has 0 bridgehead atoms. The van der Waals surface area contributed by atoms with Gasteiger partial charge in [0.1, 0.15) is 5.75 Å². The van der Waals surface area contributed by atoms with Crippen molar-refractivity contribution in [2.45, 2.75) is 25.8 Å². The molecule has 29 heavy (non-hydrogen) atoms. The molecule has 0 aliphatic carbocycles. The number of carbonyl (C=O) groups is 1. The predicted octanol–water partition coefficient (Wildman–Crippen LogP) is 4.36. The van der Waals surface area contributed by atoms with E-state index in [0.29, 0.717) is 5.91 Å². The SMILES string of the molecule is COc1ccccc1-c1ccccc1CN1CCC2(CC=CCN(C)C2=O)CC1. The zero-order valence-electron chi connectivity index (χ0n) is 17.4. The number of allylic oxidation sites excluding steroid dienone is 1. The van der Waals surface area contributed by atoms with Crippen LogP contribution in [-0.2, 0) is 11.3 Å². The fraction of sp³-hybridized carbons (Fsp3) is 0.400. The van der Waals surface area contributed by atoms with Crippen molar-refractivity contribution in [3.8, 4) is 16.9 Å². The Morgan fingerprint density at radius 3 is 2.41 bits per heavy atom. The van der Waals surface area contributed by atoms with E-state index in [1.54, 1.807) is 7.11 Å². The van der Waals surface area contributed by atoms with Gasteiger partial charge in [-0.25, -0.2) is 0 Å². The molecule has 2 aromatic rings. The number of nitrogens with zero attached hydrogens (tertiary/aromatic N) is 2. The second-order valence-corrected chi connectivity index (χ2v) is 8.28. The lowest BCUT2D eigenvalue weighted by Gasteiger charge is -2.41. The van der Waals surface area contributed by atoms with E-state index in [2.05, 4.69) is 53.5 Å². The second kappa shape index (κ2) is 8.42. The van der Waals surface area contributed by atoms with E-state index >= 15 is 0 Å². The Bertz CT molecular complexity index is 897. The molecule has 1 saturated heterocycles. The van der Waals surface area contributed by atoms with Crippen molar-refractivity contribution in [3.63, 3.8) is 0 Å². The summed E-state index contributed by atoms with van der Waals surface area (Å²) in [5.41, 5.74) is 3.45. The van der Waals surface area contributed by atoms with Crippen LogP contribution in [0.15, 0.2) is 60.7 Å². The number of hydrogen-bond acceptors (Lipinski definition) is 3. The number of benzene rings is 2. The zero-order valence-corrected chi connectivity index (χ0v) is 17.4. The Morgan fingerprint density at radius 1 is 0.966 bits per heavy atom. The van der Waals surface area contributed by atoms with Gasteiger partial charge in [-0.15, -0.1) is 0 Å². The van der Waals surface area contributed by atoms with Gasteiger partial charge in [-0.05, 0) is 49.5 Å². The lowest BCUT2D eigenvalue weighted by molar-refractivity contribution is -0.142. The van der Waals surface area contributed by atoms with Gasteiger partial charge in [-0.3, -0.25) is 9.69 Å². The van der Waals surface area contributed by atoms with Gasteiger partial charge < -0.3 is 9.64 Å². The summed E-state index contributed by atoms with van der Waals surface area (Å²) in [4.78, 5) is 17.3. The third-order valence-electron chi connectivity index (χ3n) is 6.48. The maximum Gasteiger partial charge on any atom is 0.229 e. The van der Waals surface area contributed by atoms with Gasteiger partial charge >= 0.3 is 0 Å². The maximum absolute atomic E-state index is 13.0. The number of rotatable bonds is 4. The molecule has 152 valence electrons. The second-order valence-electron chi connectivity index (χ2n) is 8.28. The molecule has 0 unspecified atom stereocenters. The van der Waals surface area contributed by atoms with Crippen LogP contribution < -0.4 is 4.74 Å². The third-order valence-corrected chi connectivity index (χ3v) is 6.48. The number of ether oxygens (including phenoxy) is 1. The number of para-hydroxylation sites is 1. The summed E-state index contributed by atoms with van der Waals surface area (Å²) in [6.45, 7) is 3.53. The van der Waals surface area contributed by atoms with Crippen molar-refractivity contribution in [2.24, 2.45) is 5.41 Å². The molecular weight excluding hydrogens is 360 g/mol. The van der Waals surface area contributed by atoms with E-state index in [-0.39, 0.29) is 5.41 Å². The van der Waals surface area contributed by atoms with Gasteiger partial charge in [0, 0.05) is 25.7 Å². The molecule has 2 aromatic carbocycles. The summed E-state index contributed by atoms with van der Waals surface area (Å²) in [5, 5.41) is 0. The molecule has 0 N–H and O–H groups in total. The molecule has 4 nitrogen and oxygen atoms in total. The third kappa shape index (κ3) is 3.95. The summed E-state index contributed by atoms with van der Waals surface area (Å²) in [7, 11) is 3.65. The van der Waals surface area contributed by atoms with Crippen molar-refractivity contribution in [3.05, 3.63) is 66.2 Å². The van der Waals surface area contributed by atoms with Crippen LogP contribution in [0.2, 0.25) is 0 Å². The number of likely N-dealkylation sites (N-methyl/N-ethyl adjacent to an activating group) is 1. The Balaban J connectivity index is 1.51. The average molecular weight is 391 g/mol. The first-order chi connectivity index (χ1) is 14.1. The van der Waals surface area contributed by atoms with Crippen LogP contribution in [0.4, 0.5) is 0 Å². The van der Waals surface area contributed by atoms with Gasteiger partial charge in [0.05, 0.1) is 12.5 Å². The van der Waals surface area contributed by atoms with Gasteiger partial charge in [-0.1, -0.05) is 54.6 Å². The van der Waals surface area contributed by atoms with Gasteiger partial charge in [-0.2, -0.15) is 0 Å². The number of amides is 1. The molecule has 4 heteroatoms. The summed E-state index contributed by atoms with van der Waals surface area (Å²) >= 11 is 0. The van der Waals surface area contributed by atoms with Crippen molar-refractivity contribution in [1.82, 2.24) is 9.80 Å². The highest BCUT2D eigenvalue weighted by Gasteiger charge is 2.42. The number of hydrogen-bond donors (Lipinski definition) is 0. The summed E-state index contributed by atoms with van der Waals surface area (Å²) in [6, 6.07) is 16.8. The normalized spacial score (nSPS) is 19.4. The van der Waals surface area contributed by atoms with Crippen LogP contribution in [0.3, 0.4) is 0 Å². The average Bonchev–Trinajstić information content (AvgIpc) is 2.90. The molecule has 1 fully saturated rings. The first-order valence-electron chi connectivity index (χ1n) is 10.5. The van der Waals surface area contributed by atoms with Crippen molar-refractivity contribution in [2.75, 3.05) is 33.8 Å². The van der Waals surface area contributed by atoms with E-state index in [0.717, 1.165) is 56.8 Å². The zero-order chi connectivity index (χ0) is 20.3. The number of methoxy groups -OCH3 is 1. The molecule has 1 amide bonds. The number of likely N-dealkylation sites (tertiary alicyclic amines) is 1. The molecule has 2 heterocycles. The van der Waals surface area contributed by atoms with Gasteiger partial charge in [0.15, 0.2) is 0 Å². The first kappa shape index (κ1) is 19.7. The molecule has 2 aliphatic rings. The van der Waals surface area contributed by atoms with Crippen LogP contribution in [0.5, 0.6) is 5.75 Å². The maximum atomic E-state index is 13.0. The minimum absolute atomic E-state index is 0.208. The highest BCUT2D eigenvalue weighted by Crippen LogP contribution is 2.39. The molecule has 0 atom stereocenters. The van der Waals surface area contributed by atoms with E-state index in [1.165, 1.54) is 11.1 Å². The predicted molar refractivity (Wildman–Crippen MR) is 117 cm³/mol. The Hall–Kier alpha value is -2.59. The van der Waals surface area contributed by atoms with Crippen molar-refractivity contribution < 1.29 is 9.53 Å². The highest BCUT2D eigenvalue weighted by molar-refractivity contribution is 5.83. The monoisotopic (exact) mass is 390 g/mol. The van der Waals surface area contributed by atoms with Crippen LogP contribution in [-0.4, -0.2) is 49.5 Å². The Labute approximate surface area is 173 Å². The minimum atomic E-state index is -0.208. The van der Waals surface area contributed by atoms with Crippen LogP contribution in [0, 0.1) is 5.41 Å². The minimum Gasteiger partial charge on any atom is -0.496 e. The van der Waals surface area contributed by atoms with Gasteiger partial charge in [0.25, 0.3) is 0 Å². The number of piperidine rings is 1. The molecule has 0 radical (unpaired) electrons. The largest absolute Gasteiger partial charge is 0.496 e. The summed E-state index contributed by atoms with van der Waals surface area (Å²) in [5.74, 6) is 1.22. The standard InChI is InChI=1S/C25H30N2O2/c1-26-16-8-7-13-25(24(26)28)14-17-27(18-15-25)19-20-9-3-4-10-21(20)22-11-5-6-12-23(22)29-2/h3-12H,13-19H2,1-2H3. The van der Waals surface area contributed by atoms with E-state index < -0.39 is 0 Å². The van der Waals surface area contributed by atoms with E-state index in [1.807, 2.05) is 24.1 Å². The molecule has 0 saturated carbocycles. The van der Waals surface area contributed by atoms with Gasteiger partial charge in [0.2, 0.25) is 5.91 Å². The lowest BCUT2D eigenvalue weighted by Crippen LogP contribution is -2.48. The van der Waals surface area contributed by atoms with Crippen molar-refractivity contribution >= 4 is 5.91 Å². The fourth-order valence-electron chi connectivity index (χ4n) is 4.70. The van der Waals surface area contributed by atoms with Crippen molar-refractivity contribution in [1.29, 1.82) is 0 Å². The molecule has 1 spiro atoms. The molecule has 0 aromatic heterocycles. The molecule has 4 rings (SSSR count). The fourth-order valence-corrected chi connectivity index (χ4v) is 4.70. The highest BCUT2D eigenvalue weighted by atomic mass is 16.5. The summed E-state index contributed by atoms with van der Waals surface area (Å²) in [6.07, 6.45) is 7.06. The molecular formula is C25H30N2O2. The van der Waals surface area contributed by atoms with E-state index in [4.69, 9.17) is 4.74 Å². The quantitative estimate of drug-likeness (QED) is 0.727. The molecule has 2 aliphatic heterocycles. The summed E-state index contributed by atoms with van der Waals surface area (Å²) < 4.78 is 5.59. The topological polar surface area (TPSA) is 32.8 Å². The van der Waals surface area contributed by atoms with E-state index in [9.17, 15) is 4.79 Å². The van der Waals surface area contributed by atoms with Crippen LogP contribution in [0.25, 0.3) is 11.1 Å². The smallest absolute Gasteiger partial charge is 0.229 e. The Morgan fingerprint density at radius 2 is 1.66 bits per heavy atom. The lowest BCUT2D eigenvalue weighted by atomic mass is 9.74. The van der Waals surface area contributed by atoms with Crippen LogP contribution in [0.1, 0.15) is 24.8 Å². The number of carbonyl (C=O) groups excluding carboxylic acids is 1.